The fourth-order valence-corrected chi connectivity index (χ4v) is 2.62. The first-order chi connectivity index (χ1) is 8.97. The van der Waals surface area contributed by atoms with Gasteiger partial charge in [0.1, 0.15) is 0 Å². The Morgan fingerprint density at radius 1 is 1.11 bits per heavy atom. The second kappa shape index (κ2) is 5.57. The van der Waals surface area contributed by atoms with Crippen molar-refractivity contribution < 1.29 is 4.79 Å². The smallest absolute Gasteiger partial charge is 0.225 e. The van der Waals surface area contributed by atoms with E-state index < -0.39 is 0 Å². The number of hydrogen-bond acceptors (Lipinski definition) is 2. The lowest BCUT2D eigenvalue weighted by Gasteiger charge is -2.17. The first-order valence-corrected chi connectivity index (χ1v) is 7.21. The Hall–Kier alpha value is -1.61. The van der Waals surface area contributed by atoms with E-state index in [4.69, 9.17) is 0 Å². The number of amides is 1. The molecule has 0 unspecified atom stereocenters. The van der Waals surface area contributed by atoms with Gasteiger partial charge < -0.3 is 5.32 Å². The molecule has 3 heteroatoms. The zero-order valence-electron chi connectivity index (χ0n) is 11.6. The van der Waals surface area contributed by atoms with Crippen LogP contribution in [0.25, 0.3) is 10.4 Å². The molecule has 0 aliphatic rings. The van der Waals surface area contributed by atoms with Crippen molar-refractivity contribution in [1.82, 2.24) is 5.32 Å². The fourth-order valence-electron chi connectivity index (χ4n) is 1.66. The molecule has 100 valence electrons. The zero-order chi connectivity index (χ0) is 13.9. The molecular weight excluding hydrogens is 254 g/mol. The molecular formula is C16H19NOS. The molecule has 0 aliphatic heterocycles. The van der Waals surface area contributed by atoms with Crippen LogP contribution in [0.5, 0.6) is 0 Å². The van der Waals surface area contributed by atoms with Crippen LogP contribution in [0.4, 0.5) is 0 Å². The first kappa shape index (κ1) is 13.8. The first-order valence-electron chi connectivity index (χ1n) is 6.39. The van der Waals surface area contributed by atoms with E-state index >= 15 is 0 Å². The van der Waals surface area contributed by atoms with Gasteiger partial charge in [0.05, 0.1) is 6.54 Å². The van der Waals surface area contributed by atoms with Crippen LogP contribution < -0.4 is 5.32 Å². The third-order valence-corrected chi connectivity index (χ3v) is 3.96. The summed E-state index contributed by atoms with van der Waals surface area (Å²) in [5, 5.41) is 2.98. The minimum Gasteiger partial charge on any atom is -0.351 e. The van der Waals surface area contributed by atoms with E-state index in [1.165, 1.54) is 15.3 Å². The van der Waals surface area contributed by atoms with Crippen LogP contribution in [0.15, 0.2) is 42.5 Å². The summed E-state index contributed by atoms with van der Waals surface area (Å²) in [6, 6.07) is 14.5. The van der Waals surface area contributed by atoms with Crippen LogP contribution in [0.2, 0.25) is 0 Å². The van der Waals surface area contributed by atoms with Crippen molar-refractivity contribution in [1.29, 1.82) is 0 Å². The van der Waals surface area contributed by atoms with Gasteiger partial charge in [-0.2, -0.15) is 0 Å². The van der Waals surface area contributed by atoms with Crippen LogP contribution >= 0.6 is 11.3 Å². The minimum absolute atomic E-state index is 0.0853. The summed E-state index contributed by atoms with van der Waals surface area (Å²) in [6.07, 6.45) is 0. The molecule has 0 radical (unpaired) electrons. The molecule has 0 bridgehead atoms. The normalized spacial score (nSPS) is 11.3. The SMILES string of the molecule is CC(C)(C)C(=O)NCc1ccc(-c2ccccc2)s1. The number of nitrogens with one attached hydrogen (secondary N) is 1. The molecule has 0 fully saturated rings. The van der Waals surface area contributed by atoms with E-state index in [2.05, 4.69) is 29.6 Å². The van der Waals surface area contributed by atoms with Crippen LogP contribution in [0.3, 0.4) is 0 Å². The van der Waals surface area contributed by atoms with E-state index in [1.54, 1.807) is 11.3 Å². The van der Waals surface area contributed by atoms with Gasteiger partial charge in [0.15, 0.2) is 0 Å². The van der Waals surface area contributed by atoms with Gasteiger partial charge in [-0.3, -0.25) is 4.79 Å². The summed E-state index contributed by atoms with van der Waals surface area (Å²) >= 11 is 1.72. The molecule has 0 saturated carbocycles. The molecule has 0 saturated heterocycles. The molecule has 2 nitrogen and oxygen atoms in total. The second-order valence-electron chi connectivity index (χ2n) is 5.56. The number of hydrogen-bond donors (Lipinski definition) is 1. The topological polar surface area (TPSA) is 29.1 Å². The largest absolute Gasteiger partial charge is 0.351 e. The Balaban J connectivity index is 2.01. The van der Waals surface area contributed by atoms with Crippen molar-refractivity contribution >= 4 is 17.2 Å². The number of benzene rings is 1. The third kappa shape index (κ3) is 3.67. The lowest BCUT2D eigenvalue weighted by Crippen LogP contribution is -2.34. The van der Waals surface area contributed by atoms with E-state index in [-0.39, 0.29) is 11.3 Å². The molecule has 2 aromatic rings. The predicted octanol–water partition coefficient (Wildman–Crippen LogP) is 4.08. The number of carbonyl (C=O) groups excluding carboxylic acids is 1. The molecule has 1 amide bonds. The van der Waals surface area contributed by atoms with Crippen molar-refractivity contribution in [2.24, 2.45) is 5.41 Å². The predicted molar refractivity (Wildman–Crippen MR) is 81.1 cm³/mol. The zero-order valence-corrected chi connectivity index (χ0v) is 12.4. The standard InChI is InChI=1S/C16H19NOS/c1-16(2,3)15(18)17-11-13-9-10-14(19-13)12-7-5-4-6-8-12/h4-10H,11H2,1-3H3,(H,17,18). The maximum absolute atomic E-state index is 11.8. The summed E-state index contributed by atoms with van der Waals surface area (Å²) in [4.78, 5) is 14.2. The Kier molecular flexibility index (Phi) is 4.05. The number of thiophene rings is 1. The fraction of sp³-hybridized carbons (Fsp3) is 0.312. The maximum atomic E-state index is 11.8. The van der Waals surface area contributed by atoms with E-state index in [0.717, 1.165) is 0 Å². The van der Waals surface area contributed by atoms with Crippen LogP contribution in [0.1, 0.15) is 25.6 Å². The monoisotopic (exact) mass is 273 g/mol. The Morgan fingerprint density at radius 2 is 1.79 bits per heavy atom. The van der Waals surface area contributed by atoms with Gasteiger partial charge in [0.25, 0.3) is 0 Å². The highest BCUT2D eigenvalue weighted by Gasteiger charge is 2.20. The highest BCUT2D eigenvalue weighted by Crippen LogP contribution is 2.27. The molecule has 0 spiro atoms. The van der Waals surface area contributed by atoms with Gasteiger partial charge in [0, 0.05) is 15.2 Å². The molecule has 0 atom stereocenters. The Labute approximate surface area is 118 Å². The summed E-state index contributed by atoms with van der Waals surface area (Å²) in [5.74, 6) is 0.0853. The van der Waals surface area contributed by atoms with Crippen molar-refractivity contribution in [2.75, 3.05) is 0 Å². The summed E-state index contributed by atoms with van der Waals surface area (Å²) in [5.41, 5.74) is 0.889. The average molecular weight is 273 g/mol. The Bertz CT molecular complexity index is 552. The summed E-state index contributed by atoms with van der Waals surface area (Å²) in [6.45, 7) is 6.37. The molecule has 1 heterocycles. The molecule has 19 heavy (non-hydrogen) atoms. The lowest BCUT2D eigenvalue weighted by molar-refractivity contribution is -0.128. The number of rotatable bonds is 3. The van der Waals surface area contributed by atoms with Crippen molar-refractivity contribution in [2.45, 2.75) is 27.3 Å². The highest BCUT2D eigenvalue weighted by molar-refractivity contribution is 7.15. The number of carbonyl (C=O) groups is 1. The van der Waals surface area contributed by atoms with Crippen LogP contribution in [-0.2, 0) is 11.3 Å². The quantitative estimate of drug-likeness (QED) is 0.897. The average Bonchev–Trinajstić information content (AvgIpc) is 2.84. The van der Waals surface area contributed by atoms with Gasteiger partial charge in [-0.15, -0.1) is 11.3 Å². The second-order valence-corrected chi connectivity index (χ2v) is 6.73. The Morgan fingerprint density at radius 3 is 2.42 bits per heavy atom. The highest BCUT2D eigenvalue weighted by atomic mass is 32.1. The minimum atomic E-state index is -0.334. The van der Waals surface area contributed by atoms with Crippen molar-refractivity contribution in [3.8, 4) is 10.4 Å². The van der Waals surface area contributed by atoms with Crippen LogP contribution in [-0.4, -0.2) is 5.91 Å². The molecule has 0 aliphatic carbocycles. The van der Waals surface area contributed by atoms with Gasteiger partial charge in [-0.05, 0) is 17.7 Å². The van der Waals surface area contributed by atoms with E-state index in [0.29, 0.717) is 6.54 Å². The van der Waals surface area contributed by atoms with E-state index in [1.807, 2.05) is 39.0 Å². The molecule has 2 rings (SSSR count). The van der Waals surface area contributed by atoms with Crippen molar-refractivity contribution in [3.63, 3.8) is 0 Å². The lowest BCUT2D eigenvalue weighted by atomic mass is 9.96. The van der Waals surface area contributed by atoms with E-state index in [9.17, 15) is 4.79 Å². The summed E-state index contributed by atoms with van der Waals surface area (Å²) in [7, 11) is 0. The van der Waals surface area contributed by atoms with Gasteiger partial charge in [-0.1, -0.05) is 51.1 Å². The molecule has 1 aromatic carbocycles. The summed E-state index contributed by atoms with van der Waals surface area (Å²) < 4.78 is 0. The van der Waals surface area contributed by atoms with Gasteiger partial charge in [-0.25, -0.2) is 0 Å². The van der Waals surface area contributed by atoms with Crippen molar-refractivity contribution in [3.05, 3.63) is 47.3 Å². The van der Waals surface area contributed by atoms with Gasteiger partial charge in [0.2, 0.25) is 5.91 Å². The maximum Gasteiger partial charge on any atom is 0.225 e. The van der Waals surface area contributed by atoms with Gasteiger partial charge >= 0.3 is 0 Å². The van der Waals surface area contributed by atoms with Crippen LogP contribution in [0, 0.1) is 5.41 Å². The third-order valence-electron chi connectivity index (χ3n) is 2.82. The molecule has 1 N–H and O–H groups in total. The molecule has 1 aromatic heterocycles.